The second-order valence-corrected chi connectivity index (χ2v) is 4.42. The average molecular weight is 169 g/mol. The molecule has 2 saturated heterocycles. The van der Waals surface area contributed by atoms with Crippen LogP contribution in [0.2, 0.25) is 0 Å². The first-order valence-electron chi connectivity index (χ1n) is 5.07. The number of hydrogen-bond acceptors (Lipinski definition) is 2. The van der Waals surface area contributed by atoms with E-state index in [2.05, 4.69) is 19.2 Å². The van der Waals surface area contributed by atoms with Crippen molar-refractivity contribution in [3.05, 3.63) is 0 Å². The lowest BCUT2D eigenvalue weighted by Gasteiger charge is -2.36. The van der Waals surface area contributed by atoms with Crippen molar-refractivity contribution in [2.75, 3.05) is 19.7 Å². The summed E-state index contributed by atoms with van der Waals surface area (Å²) < 4.78 is 5.73. The van der Waals surface area contributed by atoms with E-state index in [4.69, 9.17) is 4.74 Å². The van der Waals surface area contributed by atoms with Crippen LogP contribution in [0.3, 0.4) is 0 Å². The lowest BCUT2D eigenvalue weighted by atomic mass is 9.70. The molecule has 1 spiro atoms. The Bertz CT molecular complexity index is 158. The molecule has 0 aromatic heterocycles. The fraction of sp³-hybridized carbons (Fsp3) is 1.00. The molecule has 2 aliphatic rings. The predicted molar refractivity (Wildman–Crippen MR) is 49.1 cm³/mol. The summed E-state index contributed by atoms with van der Waals surface area (Å²) in [5.41, 5.74) is 0.519. The molecule has 12 heavy (non-hydrogen) atoms. The van der Waals surface area contributed by atoms with E-state index in [1.807, 2.05) is 0 Å². The van der Waals surface area contributed by atoms with Crippen LogP contribution in [-0.2, 0) is 4.74 Å². The van der Waals surface area contributed by atoms with E-state index in [9.17, 15) is 0 Å². The van der Waals surface area contributed by atoms with Crippen LogP contribution in [0, 0.1) is 11.3 Å². The van der Waals surface area contributed by atoms with Crippen LogP contribution in [-0.4, -0.2) is 25.8 Å². The lowest BCUT2D eigenvalue weighted by molar-refractivity contribution is 0.0950. The van der Waals surface area contributed by atoms with Crippen LogP contribution in [0.1, 0.15) is 26.7 Å². The van der Waals surface area contributed by atoms with Gasteiger partial charge >= 0.3 is 0 Å². The number of ether oxygens (including phenoxy) is 1. The number of piperidine rings is 1. The van der Waals surface area contributed by atoms with Crippen LogP contribution in [0.15, 0.2) is 0 Å². The van der Waals surface area contributed by atoms with Crippen molar-refractivity contribution in [1.29, 1.82) is 0 Å². The van der Waals surface area contributed by atoms with Gasteiger partial charge in [0.25, 0.3) is 0 Å². The van der Waals surface area contributed by atoms with Gasteiger partial charge in [-0.15, -0.1) is 0 Å². The Labute approximate surface area is 74.7 Å². The minimum absolute atomic E-state index is 0.475. The van der Waals surface area contributed by atoms with Gasteiger partial charge < -0.3 is 10.1 Å². The second kappa shape index (κ2) is 3.00. The van der Waals surface area contributed by atoms with Crippen molar-refractivity contribution < 1.29 is 4.74 Å². The maximum absolute atomic E-state index is 5.73. The average Bonchev–Trinajstić information content (AvgIpc) is 2.37. The fourth-order valence-corrected chi connectivity index (χ4v) is 2.60. The fourth-order valence-electron chi connectivity index (χ4n) is 2.60. The summed E-state index contributed by atoms with van der Waals surface area (Å²) in [5, 5.41) is 3.42. The highest BCUT2D eigenvalue weighted by Gasteiger charge is 2.45. The zero-order valence-corrected chi connectivity index (χ0v) is 8.10. The van der Waals surface area contributed by atoms with Crippen LogP contribution in [0.4, 0.5) is 0 Å². The molecular weight excluding hydrogens is 150 g/mol. The predicted octanol–water partition coefficient (Wildman–Crippen LogP) is 1.41. The SMILES string of the molecule is CC1OCC2(CCNCC2)[C@H]1C. The van der Waals surface area contributed by atoms with E-state index in [0.29, 0.717) is 11.5 Å². The molecule has 0 radical (unpaired) electrons. The van der Waals surface area contributed by atoms with Crippen LogP contribution >= 0.6 is 0 Å². The highest BCUT2D eigenvalue weighted by Crippen LogP contribution is 2.44. The van der Waals surface area contributed by atoms with Crippen molar-refractivity contribution in [3.63, 3.8) is 0 Å². The molecule has 1 unspecified atom stereocenters. The normalized spacial score (nSPS) is 40.5. The standard InChI is InChI=1S/C10H19NO/c1-8-9(2)12-7-10(8)3-5-11-6-4-10/h8-9,11H,3-7H2,1-2H3/t8-,9?/m0/s1. The highest BCUT2D eigenvalue weighted by atomic mass is 16.5. The molecule has 0 amide bonds. The van der Waals surface area contributed by atoms with Gasteiger partial charge in [0.2, 0.25) is 0 Å². The third-order valence-corrected chi connectivity index (χ3v) is 3.90. The van der Waals surface area contributed by atoms with E-state index in [-0.39, 0.29) is 0 Å². The maximum Gasteiger partial charge on any atom is 0.0578 e. The first-order chi connectivity index (χ1) is 5.75. The zero-order valence-electron chi connectivity index (χ0n) is 8.10. The molecule has 2 aliphatic heterocycles. The molecule has 2 heteroatoms. The van der Waals surface area contributed by atoms with Gasteiger partial charge in [-0.2, -0.15) is 0 Å². The van der Waals surface area contributed by atoms with Crippen LogP contribution < -0.4 is 5.32 Å². The first kappa shape index (κ1) is 8.52. The van der Waals surface area contributed by atoms with E-state index < -0.39 is 0 Å². The third kappa shape index (κ3) is 1.17. The Kier molecular flexibility index (Phi) is 2.13. The van der Waals surface area contributed by atoms with Crippen molar-refractivity contribution in [2.24, 2.45) is 11.3 Å². The van der Waals surface area contributed by atoms with E-state index in [0.717, 1.165) is 12.5 Å². The van der Waals surface area contributed by atoms with Gasteiger partial charge in [0.05, 0.1) is 12.7 Å². The largest absolute Gasteiger partial charge is 0.378 e. The number of hydrogen-bond donors (Lipinski definition) is 1. The Morgan fingerprint density at radius 1 is 1.25 bits per heavy atom. The molecule has 2 nitrogen and oxygen atoms in total. The molecule has 2 fully saturated rings. The Balaban J connectivity index is 2.09. The quantitative estimate of drug-likeness (QED) is 0.592. The molecule has 0 bridgehead atoms. The number of rotatable bonds is 0. The van der Waals surface area contributed by atoms with Gasteiger partial charge in [-0.1, -0.05) is 6.92 Å². The van der Waals surface area contributed by atoms with Gasteiger partial charge in [-0.3, -0.25) is 0 Å². The molecule has 0 aromatic rings. The third-order valence-electron chi connectivity index (χ3n) is 3.90. The summed E-state index contributed by atoms with van der Waals surface area (Å²) in [7, 11) is 0. The van der Waals surface area contributed by atoms with Gasteiger partial charge in [0.1, 0.15) is 0 Å². The van der Waals surface area contributed by atoms with Crippen molar-refractivity contribution in [3.8, 4) is 0 Å². The summed E-state index contributed by atoms with van der Waals surface area (Å²) >= 11 is 0. The van der Waals surface area contributed by atoms with Gasteiger partial charge in [-0.25, -0.2) is 0 Å². The molecule has 2 atom stereocenters. The van der Waals surface area contributed by atoms with Crippen LogP contribution in [0.5, 0.6) is 0 Å². The van der Waals surface area contributed by atoms with Gasteiger partial charge in [-0.05, 0) is 38.8 Å². The second-order valence-electron chi connectivity index (χ2n) is 4.42. The van der Waals surface area contributed by atoms with Gasteiger partial charge in [0.15, 0.2) is 0 Å². The summed E-state index contributed by atoms with van der Waals surface area (Å²) in [5.74, 6) is 0.750. The molecule has 0 aliphatic carbocycles. The summed E-state index contributed by atoms with van der Waals surface area (Å²) in [6, 6.07) is 0. The Morgan fingerprint density at radius 2 is 1.92 bits per heavy atom. The summed E-state index contributed by atoms with van der Waals surface area (Å²) in [6.45, 7) is 7.92. The Morgan fingerprint density at radius 3 is 2.42 bits per heavy atom. The topological polar surface area (TPSA) is 21.3 Å². The minimum atomic E-state index is 0.475. The van der Waals surface area contributed by atoms with Crippen LogP contribution in [0.25, 0.3) is 0 Å². The van der Waals surface area contributed by atoms with E-state index in [1.165, 1.54) is 25.9 Å². The molecule has 2 heterocycles. The molecule has 70 valence electrons. The maximum atomic E-state index is 5.73. The lowest BCUT2D eigenvalue weighted by Crippen LogP contribution is -2.41. The summed E-state index contributed by atoms with van der Waals surface area (Å²) in [6.07, 6.45) is 3.08. The molecule has 2 rings (SSSR count). The molecule has 1 N–H and O–H groups in total. The van der Waals surface area contributed by atoms with Crippen molar-refractivity contribution >= 4 is 0 Å². The first-order valence-corrected chi connectivity index (χ1v) is 5.07. The Hall–Kier alpha value is -0.0800. The zero-order chi connectivity index (χ0) is 8.60. The monoisotopic (exact) mass is 169 g/mol. The van der Waals surface area contributed by atoms with Gasteiger partial charge in [0, 0.05) is 5.41 Å². The van der Waals surface area contributed by atoms with Crippen molar-refractivity contribution in [1.82, 2.24) is 5.32 Å². The molecule has 0 aromatic carbocycles. The smallest absolute Gasteiger partial charge is 0.0578 e. The van der Waals surface area contributed by atoms with Crippen molar-refractivity contribution in [2.45, 2.75) is 32.8 Å². The minimum Gasteiger partial charge on any atom is -0.378 e. The summed E-state index contributed by atoms with van der Waals surface area (Å²) in [4.78, 5) is 0. The molecular formula is C10H19NO. The molecule has 0 saturated carbocycles. The highest BCUT2D eigenvalue weighted by molar-refractivity contribution is 4.94. The number of nitrogens with one attached hydrogen (secondary N) is 1. The van der Waals surface area contributed by atoms with E-state index >= 15 is 0 Å². The van der Waals surface area contributed by atoms with E-state index in [1.54, 1.807) is 0 Å².